The van der Waals surface area contributed by atoms with E-state index in [0.717, 1.165) is 33.6 Å². The van der Waals surface area contributed by atoms with Gasteiger partial charge in [-0.1, -0.05) is 41.9 Å². The molecule has 1 aliphatic heterocycles. The van der Waals surface area contributed by atoms with E-state index < -0.39 is 0 Å². The molecule has 0 aliphatic carbocycles. The largest absolute Gasteiger partial charge is 0.488 e. The summed E-state index contributed by atoms with van der Waals surface area (Å²) in [6, 6.07) is 18.6. The molecule has 1 aliphatic rings. The Morgan fingerprint density at radius 2 is 2.06 bits per heavy atom. The standard InChI is InChI=1S/C26H21ClN4O2/c1-3-32-26-30-24-21(27)10-11-29-25(24)31(26)14-17-8-9-19-18(12-17)15-33-22-7-5-4-6-20(22)23(19)16(2)13-28/h4-12H,3,14-15H2,1-2H3. The Morgan fingerprint density at radius 3 is 2.88 bits per heavy atom. The molecule has 0 unspecified atom stereocenters. The summed E-state index contributed by atoms with van der Waals surface area (Å²) in [5.74, 6) is 0.776. The number of aromatic nitrogens is 3. The zero-order valence-corrected chi connectivity index (χ0v) is 19.1. The molecule has 0 radical (unpaired) electrons. The van der Waals surface area contributed by atoms with Gasteiger partial charge in [0.2, 0.25) is 0 Å². The van der Waals surface area contributed by atoms with Crippen molar-refractivity contribution in [3.05, 3.63) is 87.6 Å². The van der Waals surface area contributed by atoms with Crippen LogP contribution in [0.15, 0.2) is 60.3 Å². The van der Waals surface area contributed by atoms with Gasteiger partial charge in [0.25, 0.3) is 6.01 Å². The summed E-state index contributed by atoms with van der Waals surface area (Å²) in [6.45, 7) is 5.17. The molecule has 0 spiro atoms. The van der Waals surface area contributed by atoms with Crippen LogP contribution >= 0.6 is 11.6 Å². The summed E-state index contributed by atoms with van der Waals surface area (Å²) in [5.41, 5.74) is 6.84. The maximum atomic E-state index is 9.67. The second kappa shape index (κ2) is 8.61. The second-order valence-corrected chi connectivity index (χ2v) is 8.17. The molecule has 164 valence electrons. The fraction of sp³-hybridized carbons (Fsp3) is 0.192. The number of para-hydroxylation sites is 1. The van der Waals surface area contributed by atoms with Gasteiger partial charge in [0.15, 0.2) is 5.65 Å². The van der Waals surface area contributed by atoms with Crippen molar-refractivity contribution >= 4 is 28.3 Å². The number of hydrogen-bond acceptors (Lipinski definition) is 5. The number of ether oxygens (including phenoxy) is 2. The van der Waals surface area contributed by atoms with Crippen LogP contribution in [0.4, 0.5) is 0 Å². The number of benzene rings is 2. The van der Waals surface area contributed by atoms with Gasteiger partial charge in [-0.25, -0.2) is 4.98 Å². The predicted molar refractivity (Wildman–Crippen MR) is 127 cm³/mol. The molecule has 2 aromatic carbocycles. The van der Waals surface area contributed by atoms with Gasteiger partial charge in [0.1, 0.15) is 17.9 Å². The number of nitriles is 1. The molecule has 33 heavy (non-hydrogen) atoms. The molecular formula is C26H21ClN4O2. The van der Waals surface area contributed by atoms with Crippen LogP contribution in [-0.2, 0) is 13.2 Å². The number of rotatable bonds is 4. The molecular weight excluding hydrogens is 436 g/mol. The number of halogens is 1. The highest BCUT2D eigenvalue weighted by Crippen LogP contribution is 2.39. The molecule has 0 N–H and O–H groups in total. The lowest BCUT2D eigenvalue weighted by atomic mass is 9.90. The van der Waals surface area contributed by atoms with Crippen molar-refractivity contribution in [2.75, 3.05) is 6.61 Å². The molecule has 4 aromatic rings. The Labute approximate surface area is 196 Å². The third-order valence-corrected chi connectivity index (χ3v) is 5.99. The summed E-state index contributed by atoms with van der Waals surface area (Å²) >= 11 is 6.34. The molecule has 3 heterocycles. The third-order valence-electron chi connectivity index (χ3n) is 5.69. The number of pyridine rings is 1. The van der Waals surface area contributed by atoms with E-state index in [1.165, 1.54) is 0 Å². The highest BCUT2D eigenvalue weighted by atomic mass is 35.5. The first-order valence-corrected chi connectivity index (χ1v) is 11.1. The second-order valence-electron chi connectivity index (χ2n) is 7.77. The van der Waals surface area contributed by atoms with Crippen LogP contribution in [0.25, 0.3) is 16.7 Å². The number of allylic oxidation sites excluding steroid dienone is 1. The summed E-state index contributed by atoms with van der Waals surface area (Å²) < 4.78 is 13.8. The maximum Gasteiger partial charge on any atom is 0.298 e. The van der Waals surface area contributed by atoms with Gasteiger partial charge in [-0.3, -0.25) is 4.57 Å². The SMILES string of the molecule is CCOc1nc2c(Cl)ccnc2n1Cc1ccc2c(c1)COc1ccccc1C2=C(C)C#N. The molecule has 0 fully saturated rings. The Balaban J connectivity index is 1.60. The Bertz CT molecular complexity index is 1450. The van der Waals surface area contributed by atoms with E-state index in [9.17, 15) is 5.26 Å². The van der Waals surface area contributed by atoms with Crippen LogP contribution in [-0.4, -0.2) is 21.1 Å². The Hall–Kier alpha value is -3.82. The lowest BCUT2D eigenvalue weighted by Crippen LogP contribution is -2.07. The average molecular weight is 457 g/mol. The van der Waals surface area contributed by atoms with E-state index in [-0.39, 0.29) is 0 Å². The van der Waals surface area contributed by atoms with E-state index in [2.05, 4.69) is 34.2 Å². The van der Waals surface area contributed by atoms with Crippen molar-refractivity contribution in [1.82, 2.24) is 14.5 Å². The number of imidazole rings is 1. The minimum Gasteiger partial charge on any atom is -0.488 e. The molecule has 2 aromatic heterocycles. The Kier molecular flexibility index (Phi) is 5.49. The quantitative estimate of drug-likeness (QED) is 0.364. The van der Waals surface area contributed by atoms with Crippen LogP contribution in [0.5, 0.6) is 11.8 Å². The van der Waals surface area contributed by atoms with E-state index >= 15 is 0 Å². The van der Waals surface area contributed by atoms with Crippen LogP contribution in [0.2, 0.25) is 5.02 Å². The van der Waals surface area contributed by atoms with Gasteiger partial charge in [0.05, 0.1) is 24.2 Å². The predicted octanol–water partition coefficient (Wildman–Crippen LogP) is 5.77. The minimum atomic E-state index is 0.412. The number of nitrogens with zero attached hydrogens (tertiary/aromatic N) is 4. The lowest BCUT2D eigenvalue weighted by molar-refractivity contribution is 0.300. The first-order valence-electron chi connectivity index (χ1n) is 10.7. The maximum absolute atomic E-state index is 9.67. The van der Waals surface area contributed by atoms with Gasteiger partial charge >= 0.3 is 0 Å². The smallest absolute Gasteiger partial charge is 0.298 e. The summed E-state index contributed by atoms with van der Waals surface area (Å²) in [4.78, 5) is 9.04. The van der Waals surface area contributed by atoms with E-state index in [4.69, 9.17) is 21.1 Å². The fourth-order valence-electron chi connectivity index (χ4n) is 4.20. The zero-order valence-electron chi connectivity index (χ0n) is 18.3. The first-order chi connectivity index (χ1) is 16.1. The molecule has 6 nitrogen and oxygen atoms in total. The molecule has 5 rings (SSSR count). The average Bonchev–Trinajstić information content (AvgIpc) is 3.08. The molecule has 7 heteroatoms. The van der Waals surface area contributed by atoms with Crippen molar-refractivity contribution in [3.63, 3.8) is 0 Å². The molecule has 0 amide bonds. The van der Waals surface area contributed by atoms with Crippen LogP contribution < -0.4 is 9.47 Å². The van der Waals surface area contributed by atoms with E-state index in [0.29, 0.717) is 47.5 Å². The van der Waals surface area contributed by atoms with Gasteiger partial charge in [0, 0.05) is 22.9 Å². The van der Waals surface area contributed by atoms with E-state index in [1.54, 1.807) is 12.3 Å². The fourth-order valence-corrected chi connectivity index (χ4v) is 4.38. The molecule has 0 atom stereocenters. The minimum absolute atomic E-state index is 0.412. The van der Waals surface area contributed by atoms with Gasteiger partial charge in [-0.2, -0.15) is 10.2 Å². The highest BCUT2D eigenvalue weighted by Gasteiger charge is 2.22. The molecule has 0 bridgehead atoms. The van der Waals surface area contributed by atoms with Crippen molar-refractivity contribution in [2.24, 2.45) is 0 Å². The summed E-state index contributed by atoms with van der Waals surface area (Å²) in [5, 5.41) is 10.2. The van der Waals surface area contributed by atoms with Crippen molar-refractivity contribution < 1.29 is 9.47 Å². The topological polar surface area (TPSA) is 73.0 Å². The van der Waals surface area contributed by atoms with Gasteiger partial charge < -0.3 is 9.47 Å². The lowest BCUT2D eigenvalue weighted by Gasteiger charge is -2.14. The monoisotopic (exact) mass is 456 g/mol. The van der Waals surface area contributed by atoms with Crippen LogP contribution in [0.1, 0.15) is 36.1 Å². The number of fused-ring (bicyclic) bond motifs is 3. The van der Waals surface area contributed by atoms with Crippen LogP contribution in [0.3, 0.4) is 0 Å². The molecule has 0 saturated carbocycles. The van der Waals surface area contributed by atoms with Gasteiger partial charge in [-0.15, -0.1) is 0 Å². The van der Waals surface area contributed by atoms with Crippen molar-refractivity contribution in [1.29, 1.82) is 5.26 Å². The zero-order chi connectivity index (χ0) is 22.9. The van der Waals surface area contributed by atoms with Gasteiger partial charge in [-0.05, 0) is 48.7 Å². The van der Waals surface area contributed by atoms with Crippen molar-refractivity contribution in [2.45, 2.75) is 27.0 Å². The normalized spacial score (nSPS) is 14.0. The Morgan fingerprint density at radius 1 is 1.21 bits per heavy atom. The van der Waals surface area contributed by atoms with Crippen molar-refractivity contribution in [3.8, 4) is 17.8 Å². The third kappa shape index (κ3) is 3.71. The summed E-state index contributed by atoms with van der Waals surface area (Å²) in [6.07, 6.45) is 1.67. The highest BCUT2D eigenvalue weighted by molar-refractivity contribution is 6.34. The summed E-state index contributed by atoms with van der Waals surface area (Å²) in [7, 11) is 0. The first kappa shape index (κ1) is 21.0. The number of hydrogen-bond donors (Lipinski definition) is 0. The molecule has 0 saturated heterocycles. The van der Waals surface area contributed by atoms with Crippen LogP contribution in [0, 0.1) is 11.3 Å². The van der Waals surface area contributed by atoms with E-state index in [1.807, 2.05) is 42.7 Å².